The standard InChI is InChI=1S/C51H43N2O.C14H16NSi.Ir/c1-49(2,3)41-17-11-14-35(33-22-23-40-42(29-33)51(5)26-24-50(40,4)25-27-51)46(41)53-44-19-9-8-18-43(44)52-48(53)37-16-10-15-36-39-28-32-21-20-31-12-6-7-13-34(31)38(32)30-45(39)54-47(36)37;1-16(2,3)13-9-10-14(15-11-13)12-7-5-4-6-8-12;/h6-15,17-23,28-30H,24-27H2,1-5H3;4-7,9-11H,1-3H3;/q2*-1;. The van der Waals surface area contributed by atoms with Crippen molar-refractivity contribution in [1.29, 1.82) is 0 Å². The Kier molecular flexibility index (Phi) is 11.5. The Morgan fingerprint density at radius 2 is 1.38 bits per heavy atom. The molecule has 3 aliphatic carbocycles. The molecule has 71 heavy (non-hydrogen) atoms. The van der Waals surface area contributed by atoms with Crippen molar-refractivity contribution in [2.45, 2.75) is 96.2 Å². The van der Waals surface area contributed by atoms with E-state index in [4.69, 9.17) is 9.40 Å². The summed E-state index contributed by atoms with van der Waals surface area (Å²) in [4.78, 5) is 9.95. The minimum atomic E-state index is -1.23. The van der Waals surface area contributed by atoms with Crippen molar-refractivity contribution in [2.24, 2.45) is 0 Å². The molecule has 4 nitrogen and oxygen atoms in total. The molecule has 3 aromatic heterocycles. The molecule has 1 radical (unpaired) electrons. The van der Waals surface area contributed by atoms with E-state index in [9.17, 15) is 0 Å². The van der Waals surface area contributed by atoms with Gasteiger partial charge in [-0.3, -0.25) is 4.98 Å². The van der Waals surface area contributed by atoms with Crippen molar-refractivity contribution in [3.05, 3.63) is 193 Å². The first kappa shape index (κ1) is 46.9. The molecule has 0 unspecified atom stereocenters. The van der Waals surface area contributed by atoms with Crippen molar-refractivity contribution >= 4 is 67.8 Å². The summed E-state index contributed by atoms with van der Waals surface area (Å²) in [6.45, 7) is 18.9. The van der Waals surface area contributed by atoms with Gasteiger partial charge in [-0.2, -0.15) is 0 Å². The van der Waals surface area contributed by atoms with E-state index < -0.39 is 8.07 Å². The second-order valence-corrected chi connectivity index (χ2v) is 27.7. The van der Waals surface area contributed by atoms with Gasteiger partial charge in [-0.05, 0) is 121 Å². The number of rotatable bonds is 5. The van der Waals surface area contributed by atoms with Crippen molar-refractivity contribution in [3.8, 4) is 39.5 Å². The van der Waals surface area contributed by atoms with Crippen molar-refractivity contribution in [1.82, 2.24) is 14.5 Å². The number of hydrogen-bond donors (Lipinski definition) is 0. The van der Waals surface area contributed by atoms with Crippen LogP contribution in [0.2, 0.25) is 19.6 Å². The topological polar surface area (TPSA) is 43.9 Å². The van der Waals surface area contributed by atoms with Crippen LogP contribution in [-0.2, 0) is 36.4 Å². The molecule has 0 atom stereocenters. The third kappa shape index (κ3) is 8.00. The molecule has 14 rings (SSSR count). The maximum atomic E-state index is 6.92. The second-order valence-electron chi connectivity index (χ2n) is 22.6. The zero-order chi connectivity index (χ0) is 48.2. The summed E-state index contributed by atoms with van der Waals surface area (Å²) in [6.07, 6.45) is 7.09. The summed E-state index contributed by atoms with van der Waals surface area (Å²) in [7, 11) is -1.23. The van der Waals surface area contributed by atoms with E-state index in [2.05, 4.69) is 203 Å². The summed E-state index contributed by atoms with van der Waals surface area (Å²) in [5.41, 5.74) is 15.0. The van der Waals surface area contributed by atoms with Gasteiger partial charge >= 0.3 is 0 Å². The van der Waals surface area contributed by atoms with Gasteiger partial charge in [0.1, 0.15) is 5.58 Å². The minimum absolute atomic E-state index is 0. The summed E-state index contributed by atoms with van der Waals surface area (Å²) >= 11 is 0. The predicted molar refractivity (Wildman–Crippen MR) is 296 cm³/mol. The molecule has 2 bridgehead atoms. The van der Waals surface area contributed by atoms with Gasteiger partial charge in [0.25, 0.3) is 0 Å². The number of hydrogen-bond acceptors (Lipinski definition) is 3. The number of benzene rings is 8. The van der Waals surface area contributed by atoms with Gasteiger partial charge in [-0.25, -0.2) is 0 Å². The Balaban J connectivity index is 0.000000275. The molecule has 1 fully saturated rings. The number of para-hydroxylation sites is 3. The molecule has 3 heterocycles. The van der Waals surface area contributed by atoms with Crippen LogP contribution in [0.3, 0.4) is 0 Å². The maximum Gasteiger partial charge on any atom is 0.121 e. The van der Waals surface area contributed by atoms with Crippen LogP contribution >= 0.6 is 0 Å². The van der Waals surface area contributed by atoms with Crippen LogP contribution in [0.1, 0.15) is 77.0 Å². The van der Waals surface area contributed by atoms with Crippen LogP contribution in [0.15, 0.2) is 168 Å². The van der Waals surface area contributed by atoms with Crippen LogP contribution in [0.4, 0.5) is 0 Å². The summed E-state index contributed by atoms with van der Waals surface area (Å²) < 4.78 is 9.33. The Bertz CT molecular complexity index is 3830. The first-order valence-corrected chi connectivity index (χ1v) is 28.6. The predicted octanol–water partition coefficient (Wildman–Crippen LogP) is 16.9. The Hall–Kier alpha value is -6.43. The molecular weight excluding hydrogens is 1060 g/mol. The Labute approximate surface area is 432 Å². The summed E-state index contributed by atoms with van der Waals surface area (Å²) in [5.74, 6) is 0.838. The quantitative estimate of drug-likeness (QED) is 0.0980. The van der Waals surface area contributed by atoms with Crippen LogP contribution in [0.25, 0.3) is 94.0 Å². The minimum Gasteiger partial charge on any atom is -0.501 e. The third-order valence-corrected chi connectivity index (χ3v) is 17.9. The van der Waals surface area contributed by atoms with Crippen LogP contribution in [-0.4, -0.2) is 22.6 Å². The van der Waals surface area contributed by atoms with E-state index >= 15 is 0 Å². The smallest absolute Gasteiger partial charge is 0.121 e. The molecule has 0 amide bonds. The first-order valence-electron chi connectivity index (χ1n) is 25.1. The van der Waals surface area contributed by atoms with Crippen LogP contribution in [0, 0.1) is 12.1 Å². The van der Waals surface area contributed by atoms with E-state index in [1.165, 1.54) is 74.8 Å². The normalized spacial score (nSPS) is 17.6. The molecule has 8 aromatic carbocycles. The molecule has 0 aliphatic heterocycles. The maximum absolute atomic E-state index is 6.92. The third-order valence-electron chi connectivity index (χ3n) is 15.9. The van der Waals surface area contributed by atoms with Crippen molar-refractivity contribution in [3.63, 3.8) is 0 Å². The van der Waals surface area contributed by atoms with Crippen LogP contribution < -0.4 is 5.19 Å². The van der Waals surface area contributed by atoms with E-state index in [0.29, 0.717) is 0 Å². The fourth-order valence-corrected chi connectivity index (χ4v) is 12.7. The first-order chi connectivity index (χ1) is 33.7. The van der Waals surface area contributed by atoms with Gasteiger partial charge in [0.15, 0.2) is 0 Å². The fraction of sp³-hybridized carbons (Fsp3) is 0.231. The Morgan fingerprint density at radius 1 is 0.634 bits per heavy atom. The molecule has 0 N–H and O–H groups in total. The van der Waals surface area contributed by atoms with Gasteiger partial charge in [-0.15, -0.1) is 54.1 Å². The van der Waals surface area contributed by atoms with Crippen molar-refractivity contribution < 1.29 is 24.5 Å². The van der Waals surface area contributed by atoms with Crippen LogP contribution in [0.5, 0.6) is 0 Å². The van der Waals surface area contributed by atoms with Gasteiger partial charge in [0.2, 0.25) is 0 Å². The number of furan rings is 1. The van der Waals surface area contributed by atoms with E-state index in [0.717, 1.165) is 55.6 Å². The monoisotopic (exact) mass is 1120 g/mol. The molecule has 11 aromatic rings. The number of aromatic nitrogens is 3. The Morgan fingerprint density at radius 3 is 2.13 bits per heavy atom. The molecule has 1 saturated carbocycles. The number of nitrogens with zero attached hydrogens (tertiary/aromatic N) is 3. The van der Waals surface area contributed by atoms with Crippen molar-refractivity contribution in [2.75, 3.05) is 0 Å². The SMILES string of the molecule is CC(C)(C)c1cccc(-c2ccc3c(c2)C2(C)CCC3(C)CC2)c1-n1c(-c2[c-]ccc3c2oc2cc4c(ccc5ccccc54)cc23)nc2ccccc21.C[Si](C)(C)c1ccc(-c2[c-]cccc2)nc1.[Ir]. The molecular formula is C65H59IrN3OSi-2. The average Bonchev–Trinajstić information content (AvgIpc) is 3.94. The van der Waals surface area contributed by atoms with Gasteiger partial charge in [0, 0.05) is 37.3 Å². The average molecular weight is 1120 g/mol. The number of pyridine rings is 1. The summed E-state index contributed by atoms with van der Waals surface area (Å²) in [5, 5.41) is 8.43. The van der Waals surface area contributed by atoms with Gasteiger partial charge in [0.05, 0.1) is 36.2 Å². The van der Waals surface area contributed by atoms with E-state index in [1.807, 2.05) is 36.5 Å². The molecule has 355 valence electrons. The number of fused-ring (bicyclic) bond motifs is 9. The molecule has 0 saturated heterocycles. The summed E-state index contributed by atoms with van der Waals surface area (Å²) in [6, 6.07) is 63.6. The zero-order valence-electron chi connectivity index (χ0n) is 42.0. The fourth-order valence-electron chi connectivity index (χ4n) is 11.6. The van der Waals surface area contributed by atoms with E-state index in [-0.39, 0.29) is 36.4 Å². The molecule has 6 heteroatoms. The van der Waals surface area contributed by atoms with E-state index in [1.54, 1.807) is 11.1 Å². The largest absolute Gasteiger partial charge is 0.501 e. The second kappa shape index (κ2) is 17.4. The van der Waals surface area contributed by atoms with Gasteiger partial charge < -0.3 is 14.0 Å². The number of imidazole rings is 1. The molecule has 0 spiro atoms. The molecule has 3 aliphatic rings. The zero-order valence-corrected chi connectivity index (χ0v) is 45.4. The van der Waals surface area contributed by atoms with Gasteiger partial charge in [-0.1, -0.05) is 162 Å².